The zero-order valence-electron chi connectivity index (χ0n) is 7.12. The minimum Gasteiger partial charge on any atom is -0.465 e. The topological polar surface area (TPSA) is 26.3 Å². The number of rotatable bonds is 0. The van der Waals surface area contributed by atoms with Crippen molar-refractivity contribution in [3.8, 4) is 0 Å². The van der Waals surface area contributed by atoms with E-state index in [1.54, 1.807) is 0 Å². The molecule has 12 heavy (non-hydrogen) atoms. The minimum absolute atomic E-state index is 0.0318. The third kappa shape index (κ3) is 0.501. The summed E-state index contributed by atoms with van der Waals surface area (Å²) in [5, 5.41) is 0. The first kappa shape index (κ1) is 6.70. The fourth-order valence-corrected chi connectivity index (χ4v) is 3.11. The van der Waals surface area contributed by atoms with Gasteiger partial charge in [-0.2, -0.15) is 0 Å². The maximum Gasteiger partial charge on any atom is 0.312 e. The molecule has 0 aromatic carbocycles. The van der Waals surface area contributed by atoms with Crippen molar-refractivity contribution in [1.82, 2.24) is 0 Å². The van der Waals surface area contributed by atoms with Gasteiger partial charge in [-0.3, -0.25) is 4.79 Å². The van der Waals surface area contributed by atoms with Crippen molar-refractivity contribution < 1.29 is 9.53 Å². The van der Waals surface area contributed by atoms with Gasteiger partial charge in [-0.15, -0.1) is 0 Å². The van der Waals surface area contributed by atoms with Gasteiger partial charge in [0.05, 0.1) is 12.0 Å². The van der Waals surface area contributed by atoms with Gasteiger partial charge in [0.2, 0.25) is 0 Å². The summed E-state index contributed by atoms with van der Waals surface area (Å²) in [7, 11) is 0. The van der Waals surface area contributed by atoms with E-state index in [0.717, 1.165) is 0 Å². The maximum absolute atomic E-state index is 11.5. The van der Waals surface area contributed by atoms with Crippen LogP contribution in [0.15, 0.2) is 12.2 Å². The van der Waals surface area contributed by atoms with Crippen LogP contribution in [0.3, 0.4) is 0 Å². The maximum atomic E-state index is 11.5. The summed E-state index contributed by atoms with van der Waals surface area (Å²) in [5.74, 6) is 1.58. The van der Waals surface area contributed by atoms with E-state index in [0.29, 0.717) is 24.4 Å². The molecule has 0 radical (unpaired) electrons. The number of allylic oxidation sites excluding steroid dienone is 2. The molecule has 2 aliphatic carbocycles. The largest absolute Gasteiger partial charge is 0.465 e. The quantitative estimate of drug-likeness (QED) is 0.399. The van der Waals surface area contributed by atoms with Gasteiger partial charge in [-0.1, -0.05) is 12.2 Å². The second-order valence-electron chi connectivity index (χ2n) is 4.38. The fourth-order valence-electron chi connectivity index (χ4n) is 3.11. The summed E-state index contributed by atoms with van der Waals surface area (Å²) in [6.45, 7) is 2.72. The van der Waals surface area contributed by atoms with Crippen LogP contribution >= 0.6 is 0 Å². The second-order valence-corrected chi connectivity index (χ2v) is 4.38. The van der Waals surface area contributed by atoms with E-state index in [1.807, 2.05) is 0 Å². The molecule has 0 spiro atoms. The van der Waals surface area contributed by atoms with Crippen LogP contribution in [0.5, 0.6) is 0 Å². The predicted octanol–water partition coefficient (Wildman–Crippen LogP) is 1.37. The van der Waals surface area contributed by atoms with Gasteiger partial charge in [0.25, 0.3) is 0 Å². The van der Waals surface area contributed by atoms with Gasteiger partial charge in [-0.25, -0.2) is 0 Å². The average Bonchev–Trinajstić information content (AvgIpc) is 2.65. The van der Waals surface area contributed by atoms with Crippen molar-refractivity contribution >= 4 is 5.97 Å². The molecule has 1 saturated heterocycles. The number of hydrogen-bond donors (Lipinski definition) is 0. The zero-order valence-corrected chi connectivity index (χ0v) is 7.12. The smallest absolute Gasteiger partial charge is 0.312 e. The molecule has 4 atom stereocenters. The monoisotopic (exact) mass is 164 g/mol. The Morgan fingerprint density at radius 1 is 1.58 bits per heavy atom. The first-order valence-electron chi connectivity index (χ1n) is 4.58. The molecule has 0 unspecified atom stereocenters. The molecule has 3 aliphatic rings. The molecule has 3 rings (SSSR count). The Morgan fingerprint density at radius 2 is 2.42 bits per heavy atom. The molecule has 2 nitrogen and oxygen atoms in total. The fraction of sp³-hybridized carbons (Fsp3) is 0.700. The Hall–Kier alpha value is -0.790. The molecule has 64 valence electrons. The number of fused-ring (bicyclic) bond motifs is 5. The van der Waals surface area contributed by atoms with Crippen molar-refractivity contribution in [2.45, 2.75) is 13.3 Å². The van der Waals surface area contributed by atoms with Gasteiger partial charge in [0, 0.05) is 5.92 Å². The Balaban J connectivity index is 2.12. The Bertz CT molecular complexity index is 282. The minimum atomic E-state index is -0.167. The highest BCUT2D eigenvalue weighted by Gasteiger charge is 2.61. The first-order valence-corrected chi connectivity index (χ1v) is 4.58. The van der Waals surface area contributed by atoms with Crippen LogP contribution in [-0.4, -0.2) is 12.6 Å². The first-order chi connectivity index (χ1) is 5.73. The molecule has 2 fully saturated rings. The van der Waals surface area contributed by atoms with Gasteiger partial charge >= 0.3 is 5.97 Å². The molecule has 0 aromatic rings. The lowest BCUT2D eigenvalue weighted by Crippen LogP contribution is -2.33. The summed E-state index contributed by atoms with van der Waals surface area (Å²) in [6.07, 6.45) is 5.64. The van der Waals surface area contributed by atoms with Crippen LogP contribution in [0.25, 0.3) is 0 Å². The summed E-state index contributed by atoms with van der Waals surface area (Å²) in [6, 6.07) is 0. The Labute approximate surface area is 71.6 Å². The lowest BCUT2D eigenvalue weighted by atomic mass is 9.72. The predicted molar refractivity (Wildman–Crippen MR) is 43.3 cm³/mol. The van der Waals surface area contributed by atoms with Crippen molar-refractivity contribution in [2.75, 3.05) is 6.61 Å². The van der Waals surface area contributed by atoms with E-state index in [9.17, 15) is 4.79 Å². The van der Waals surface area contributed by atoms with E-state index in [-0.39, 0.29) is 11.4 Å². The van der Waals surface area contributed by atoms with Crippen molar-refractivity contribution in [3.05, 3.63) is 12.2 Å². The van der Waals surface area contributed by atoms with Crippen molar-refractivity contribution in [1.29, 1.82) is 0 Å². The van der Waals surface area contributed by atoms with E-state index < -0.39 is 0 Å². The molecule has 1 heterocycles. The van der Waals surface area contributed by atoms with E-state index >= 15 is 0 Å². The highest BCUT2D eigenvalue weighted by molar-refractivity contribution is 5.80. The normalized spacial score (nSPS) is 54.4. The van der Waals surface area contributed by atoms with Crippen molar-refractivity contribution in [3.63, 3.8) is 0 Å². The third-order valence-electron chi connectivity index (χ3n) is 4.01. The molecule has 0 N–H and O–H groups in total. The molecule has 2 heteroatoms. The van der Waals surface area contributed by atoms with Crippen LogP contribution < -0.4 is 0 Å². The van der Waals surface area contributed by atoms with Crippen LogP contribution in [0.4, 0.5) is 0 Å². The number of ether oxygens (including phenoxy) is 1. The van der Waals surface area contributed by atoms with Gasteiger partial charge < -0.3 is 4.74 Å². The second kappa shape index (κ2) is 1.76. The molecule has 0 aromatic heterocycles. The Kier molecular flexibility index (Phi) is 0.980. The lowest BCUT2D eigenvalue weighted by molar-refractivity contribution is -0.146. The third-order valence-corrected chi connectivity index (χ3v) is 4.01. The van der Waals surface area contributed by atoms with E-state index in [2.05, 4.69) is 19.1 Å². The molecular weight excluding hydrogens is 152 g/mol. The highest BCUT2D eigenvalue weighted by Crippen LogP contribution is 2.59. The Morgan fingerprint density at radius 3 is 3.17 bits per heavy atom. The molecule has 0 amide bonds. The van der Waals surface area contributed by atoms with Crippen LogP contribution in [-0.2, 0) is 9.53 Å². The molecule has 2 bridgehead atoms. The van der Waals surface area contributed by atoms with E-state index in [1.165, 1.54) is 6.42 Å². The van der Waals surface area contributed by atoms with Crippen molar-refractivity contribution in [2.24, 2.45) is 23.2 Å². The lowest BCUT2D eigenvalue weighted by Gasteiger charge is -2.27. The van der Waals surface area contributed by atoms with Gasteiger partial charge in [0.1, 0.15) is 0 Å². The summed E-state index contributed by atoms with van der Waals surface area (Å²) in [5.41, 5.74) is -0.167. The van der Waals surface area contributed by atoms with E-state index in [4.69, 9.17) is 4.74 Å². The highest BCUT2D eigenvalue weighted by atomic mass is 16.5. The van der Waals surface area contributed by atoms with Crippen LogP contribution in [0, 0.1) is 23.2 Å². The zero-order chi connectivity index (χ0) is 8.34. The molecule has 1 aliphatic heterocycles. The van der Waals surface area contributed by atoms with Gasteiger partial charge in [-0.05, 0) is 25.2 Å². The number of carbonyl (C=O) groups excluding carboxylic acids is 1. The number of carbonyl (C=O) groups is 1. The van der Waals surface area contributed by atoms with Crippen LogP contribution in [0.2, 0.25) is 0 Å². The summed E-state index contributed by atoms with van der Waals surface area (Å²) >= 11 is 0. The standard InChI is InChI=1S/C10H12O2/c1-10-7-3-2-6(4-7)8(10)5-12-9(10)11/h2-3,6-8H,4-5H2,1H3/t6-,7+,8-,10+/m0/s1. The summed E-state index contributed by atoms with van der Waals surface area (Å²) < 4.78 is 5.12. The van der Waals surface area contributed by atoms with Gasteiger partial charge in [0.15, 0.2) is 0 Å². The SMILES string of the molecule is C[C@]12C(=O)OC[C@H]1[C@H]1C=C[C@@H]2C1. The number of cyclic esters (lactones) is 1. The number of esters is 1. The van der Waals surface area contributed by atoms with Crippen LogP contribution in [0.1, 0.15) is 13.3 Å². The average molecular weight is 164 g/mol. The summed E-state index contributed by atoms with van der Waals surface area (Å²) in [4.78, 5) is 11.5. The molecular formula is C10H12O2. The number of hydrogen-bond acceptors (Lipinski definition) is 2. The molecule has 1 saturated carbocycles.